The van der Waals surface area contributed by atoms with E-state index >= 15 is 0 Å². The Bertz CT molecular complexity index is 279. The lowest BCUT2D eigenvalue weighted by molar-refractivity contribution is 0.375. The molecule has 1 fully saturated rings. The maximum atomic E-state index is 5.53. The smallest absolute Gasteiger partial charge is 0.0932 e. The van der Waals surface area contributed by atoms with Gasteiger partial charge in [0.2, 0.25) is 0 Å². The van der Waals surface area contributed by atoms with Crippen LogP contribution in [0.25, 0.3) is 0 Å². The summed E-state index contributed by atoms with van der Waals surface area (Å²) in [5, 5.41) is 6.75. The van der Waals surface area contributed by atoms with Crippen LogP contribution in [0.15, 0.2) is 5.38 Å². The average molecular weight is 211 g/mol. The van der Waals surface area contributed by atoms with Crippen molar-refractivity contribution in [2.45, 2.75) is 25.8 Å². The predicted octanol–water partition coefficient (Wildman–Crippen LogP) is 1.14. The van der Waals surface area contributed by atoms with Crippen LogP contribution in [0.3, 0.4) is 0 Å². The average Bonchev–Trinajstić information content (AvgIpc) is 2.67. The molecule has 78 valence electrons. The fourth-order valence-electron chi connectivity index (χ4n) is 1.88. The van der Waals surface area contributed by atoms with Gasteiger partial charge < -0.3 is 11.1 Å². The Morgan fingerprint density at radius 2 is 2.57 bits per heavy atom. The van der Waals surface area contributed by atoms with Crippen LogP contribution >= 0.6 is 11.3 Å². The van der Waals surface area contributed by atoms with Gasteiger partial charge in [-0.05, 0) is 31.8 Å². The first-order valence-electron chi connectivity index (χ1n) is 5.22. The molecule has 2 heterocycles. The molecule has 1 saturated heterocycles. The Hall–Kier alpha value is -0.450. The molecular formula is C10H17N3S. The summed E-state index contributed by atoms with van der Waals surface area (Å²) in [4.78, 5) is 4.49. The van der Waals surface area contributed by atoms with Gasteiger partial charge in [-0.2, -0.15) is 0 Å². The van der Waals surface area contributed by atoms with Crippen LogP contribution in [0.4, 0.5) is 0 Å². The van der Waals surface area contributed by atoms with E-state index in [1.807, 2.05) is 0 Å². The normalized spacial score (nSPS) is 22.5. The van der Waals surface area contributed by atoms with Gasteiger partial charge >= 0.3 is 0 Å². The number of rotatable bonds is 3. The highest BCUT2D eigenvalue weighted by Crippen LogP contribution is 2.19. The lowest BCUT2D eigenvalue weighted by Crippen LogP contribution is -2.30. The highest BCUT2D eigenvalue weighted by molar-refractivity contribution is 7.09. The number of thiazole rings is 1. The van der Waals surface area contributed by atoms with Crippen LogP contribution in [-0.4, -0.2) is 18.1 Å². The molecule has 4 heteroatoms. The number of hydrogen-bond acceptors (Lipinski definition) is 4. The van der Waals surface area contributed by atoms with Crippen LogP contribution in [-0.2, 0) is 13.0 Å². The highest BCUT2D eigenvalue weighted by atomic mass is 32.1. The first-order valence-corrected chi connectivity index (χ1v) is 6.10. The minimum Gasteiger partial charge on any atom is -0.325 e. The summed E-state index contributed by atoms with van der Waals surface area (Å²) in [7, 11) is 0. The van der Waals surface area contributed by atoms with Crippen LogP contribution in [0.1, 0.15) is 23.5 Å². The Kier molecular flexibility index (Phi) is 3.50. The lowest BCUT2D eigenvalue weighted by Gasteiger charge is -2.21. The molecule has 1 aliphatic heterocycles. The van der Waals surface area contributed by atoms with Gasteiger partial charge in [0.05, 0.1) is 10.7 Å². The van der Waals surface area contributed by atoms with Gasteiger partial charge in [0.15, 0.2) is 0 Å². The second-order valence-corrected chi connectivity index (χ2v) is 4.80. The van der Waals surface area contributed by atoms with Crippen molar-refractivity contribution >= 4 is 11.3 Å². The number of nitrogens with zero attached hydrogens (tertiary/aromatic N) is 1. The van der Waals surface area contributed by atoms with Gasteiger partial charge in [-0.15, -0.1) is 11.3 Å². The molecule has 1 aromatic heterocycles. The molecule has 0 aromatic carbocycles. The predicted molar refractivity (Wildman–Crippen MR) is 59.3 cm³/mol. The van der Waals surface area contributed by atoms with Crippen molar-refractivity contribution < 1.29 is 0 Å². The molecule has 0 radical (unpaired) electrons. The van der Waals surface area contributed by atoms with Gasteiger partial charge in [-0.1, -0.05) is 0 Å². The molecule has 2 rings (SSSR count). The minimum absolute atomic E-state index is 0.569. The largest absolute Gasteiger partial charge is 0.325 e. The molecule has 1 unspecified atom stereocenters. The third-order valence-electron chi connectivity index (χ3n) is 2.67. The first kappa shape index (κ1) is 10.1. The van der Waals surface area contributed by atoms with E-state index in [1.54, 1.807) is 11.3 Å². The number of nitrogens with one attached hydrogen (secondary N) is 1. The van der Waals surface area contributed by atoms with Gasteiger partial charge in [0.1, 0.15) is 0 Å². The van der Waals surface area contributed by atoms with Gasteiger partial charge in [0.25, 0.3) is 0 Å². The lowest BCUT2D eigenvalue weighted by atomic mass is 9.97. The first-order chi connectivity index (χ1) is 6.88. The molecule has 1 atom stereocenters. The number of nitrogens with two attached hydrogens (primary N) is 1. The Labute approximate surface area is 88.7 Å². The summed E-state index contributed by atoms with van der Waals surface area (Å²) < 4.78 is 0. The molecule has 0 spiro atoms. The zero-order valence-corrected chi connectivity index (χ0v) is 9.15. The molecule has 1 aromatic rings. The summed E-state index contributed by atoms with van der Waals surface area (Å²) in [6.07, 6.45) is 3.77. The molecular weight excluding hydrogens is 194 g/mol. The van der Waals surface area contributed by atoms with E-state index in [0.29, 0.717) is 6.54 Å². The van der Waals surface area contributed by atoms with E-state index in [9.17, 15) is 0 Å². The molecule has 0 aliphatic carbocycles. The topological polar surface area (TPSA) is 50.9 Å². The maximum Gasteiger partial charge on any atom is 0.0932 e. The quantitative estimate of drug-likeness (QED) is 0.788. The zero-order chi connectivity index (χ0) is 9.80. The summed E-state index contributed by atoms with van der Waals surface area (Å²) in [5.74, 6) is 0.778. The number of aromatic nitrogens is 1. The van der Waals surface area contributed by atoms with Gasteiger partial charge in [-0.3, -0.25) is 0 Å². The third kappa shape index (κ3) is 2.53. The van der Waals surface area contributed by atoms with Gasteiger partial charge in [0, 0.05) is 18.3 Å². The van der Waals surface area contributed by atoms with Crippen molar-refractivity contribution in [1.82, 2.24) is 10.3 Å². The second kappa shape index (κ2) is 4.87. The fraction of sp³-hybridized carbons (Fsp3) is 0.700. The molecule has 0 saturated carbocycles. The van der Waals surface area contributed by atoms with E-state index in [-0.39, 0.29) is 0 Å². The van der Waals surface area contributed by atoms with E-state index in [2.05, 4.69) is 15.7 Å². The van der Waals surface area contributed by atoms with Crippen LogP contribution in [0.2, 0.25) is 0 Å². The van der Waals surface area contributed by atoms with Crippen molar-refractivity contribution in [2.24, 2.45) is 11.7 Å². The molecule has 0 amide bonds. The Morgan fingerprint density at radius 3 is 3.21 bits per heavy atom. The monoisotopic (exact) mass is 211 g/mol. The highest BCUT2D eigenvalue weighted by Gasteiger charge is 2.14. The fourth-order valence-corrected chi connectivity index (χ4v) is 2.80. The standard InChI is InChI=1S/C10H17N3S/c11-5-9-7-14-10(13-9)4-8-2-1-3-12-6-8/h7-8,12H,1-6,11H2. The summed E-state index contributed by atoms with van der Waals surface area (Å²) in [6, 6.07) is 0. The zero-order valence-electron chi connectivity index (χ0n) is 8.33. The minimum atomic E-state index is 0.569. The summed E-state index contributed by atoms with van der Waals surface area (Å²) in [5.41, 5.74) is 6.56. The molecule has 0 bridgehead atoms. The van der Waals surface area contributed by atoms with E-state index in [1.165, 1.54) is 24.4 Å². The van der Waals surface area contributed by atoms with Crippen molar-refractivity contribution in [3.05, 3.63) is 16.1 Å². The Balaban J connectivity index is 1.89. The third-order valence-corrected chi connectivity index (χ3v) is 3.59. The Morgan fingerprint density at radius 1 is 1.64 bits per heavy atom. The van der Waals surface area contributed by atoms with Gasteiger partial charge in [-0.25, -0.2) is 4.98 Å². The van der Waals surface area contributed by atoms with Crippen molar-refractivity contribution in [1.29, 1.82) is 0 Å². The molecule has 1 aliphatic rings. The van der Waals surface area contributed by atoms with Crippen molar-refractivity contribution in [3.8, 4) is 0 Å². The van der Waals surface area contributed by atoms with Crippen LogP contribution in [0.5, 0.6) is 0 Å². The maximum absolute atomic E-state index is 5.53. The molecule has 3 N–H and O–H groups in total. The van der Waals surface area contributed by atoms with E-state index in [0.717, 1.165) is 24.6 Å². The van der Waals surface area contributed by atoms with Crippen molar-refractivity contribution in [3.63, 3.8) is 0 Å². The second-order valence-electron chi connectivity index (χ2n) is 3.85. The number of hydrogen-bond donors (Lipinski definition) is 2. The summed E-state index contributed by atoms with van der Waals surface area (Å²) in [6.45, 7) is 2.90. The molecule has 14 heavy (non-hydrogen) atoms. The van der Waals surface area contributed by atoms with Crippen LogP contribution in [0, 0.1) is 5.92 Å². The van der Waals surface area contributed by atoms with Crippen LogP contribution < -0.4 is 11.1 Å². The van der Waals surface area contributed by atoms with E-state index < -0.39 is 0 Å². The number of piperidine rings is 1. The summed E-state index contributed by atoms with van der Waals surface area (Å²) >= 11 is 1.75. The van der Waals surface area contributed by atoms with Crippen molar-refractivity contribution in [2.75, 3.05) is 13.1 Å². The SMILES string of the molecule is NCc1csc(CC2CCCNC2)n1. The molecule has 3 nitrogen and oxygen atoms in total. The van der Waals surface area contributed by atoms with E-state index in [4.69, 9.17) is 5.73 Å².